The number of hydrogen-bond donors (Lipinski definition) is 0. The Bertz CT molecular complexity index is 1000. The van der Waals surface area contributed by atoms with Crippen LogP contribution in [-0.4, -0.2) is 17.7 Å². The number of ether oxygens (including phenoxy) is 2. The van der Waals surface area contributed by atoms with Crippen molar-refractivity contribution < 1.29 is 18.8 Å². The van der Waals surface area contributed by atoms with Crippen molar-refractivity contribution in [3.63, 3.8) is 0 Å². The van der Waals surface area contributed by atoms with Crippen LogP contribution >= 0.6 is 0 Å². The number of aromatic nitrogens is 1. The smallest absolute Gasteiger partial charge is 0.343 e. The van der Waals surface area contributed by atoms with Gasteiger partial charge in [0.25, 0.3) is 0 Å². The van der Waals surface area contributed by atoms with Gasteiger partial charge in [0.15, 0.2) is 0 Å². The zero-order valence-electron chi connectivity index (χ0n) is 21.5. The maximum atomic E-state index is 12.5. The van der Waals surface area contributed by atoms with E-state index >= 15 is 0 Å². The average molecular weight is 478 g/mol. The lowest BCUT2D eigenvalue weighted by atomic mass is 10.0. The van der Waals surface area contributed by atoms with Crippen molar-refractivity contribution in [2.24, 2.45) is 0 Å². The Kier molecular flexibility index (Phi) is 10.9. The summed E-state index contributed by atoms with van der Waals surface area (Å²) in [4.78, 5) is 12.5. The van der Waals surface area contributed by atoms with Crippen LogP contribution in [0.3, 0.4) is 0 Å². The molecule has 2 aromatic carbocycles. The molecule has 0 atom stereocenters. The first-order valence-corrected chi connectivity index (χ1v) is 13.0. The summed E-state index contributed by atoms with van der Waals surface area (Å²) < 4.78 is 16.6. The molecule has 0 radical (unpaired) electrons. The van der Waals surface area contributed by atoms with Gasteiger partial charge in [-0.25, -0.2) is 4.79 Å². The largest absolute Gasteiger partial charge is 0.494 e. The molecule has 3 rings (SSSR count). The molecule has 0 bridgehead atoms. The summed E-state index contributed by atoms with van der Waals surface area (Å²) in [7, 11) is 0. The number of esters is 1. The molecule has 188 valence electrons. The lowest BCUT2D eigenvalue weighted by Gasteiger charge is -2.08. The highest BCUT2D eigenvalue weighted by Gasteiger charge is 2.11. The molecule has 0 saturated carbocycles. The fraction of sp³-hybridized carbons (Fsp3) is 0.467. The number of carbonyl (C=O) groups is 1. The Morgan fingerprint density at radius 3 is 2.06 bits per heavy atom. The molecule has 0 spiro atoms. The topological polar surface area (TPSA) is 61.6 Å². The predicted octanol–water partition coefficient (Wildman–Crippen LogP) is 7.82. The van der Waals surface area contributed by atoms with E-state index in [2.05, 4.69) is 12.1 Å². The molecule has 0 N–H and O–H groups in total. The highest BCUT2D eigenvalue weighted by Crippen LogP contribution is 2.20. The van der Waals surface area contributed by atoms with Crippen LogP contribution < -0.4 is 9.47 Å². The van der Waals surface area contributed by atoms with E-state index in [0.29, 0.717) is 17.9 Å². The first-order chi connectivity index (χ1) is 17.1. The minimum Gasteiger partial charge on any atom is -0.494 e. The Hall–Kier alpha value is -3.08. The van der Waals surface area contributed by atoms with Gasteiger partial charge >= 0.3 is 5.97 Å². The van der Waals surface area contributed by atoms with Crippen LogP contribution in [0, 0.1) is 13.8 Å². The third-order valence-electron chi connectivity index (χ3n) is 6.34. The standard InChI is InChI=1S/C30H39NO4/c1-4-5-6-7-8-9-10-11-22-33-27-19-15-26(16-20-27)30(32)34-28-17-12-25(13-18-28)14-21-29-23(2)31-35-24(29)3/h12-13,15-20H,4-11,14,21-22H2,1-3H3. The number of aryl methyl sites for hydroxylation is 3. The van der Waals surface area contributed by atoms with Crippen molar-refractivity contribution in [3.8, 4) is 11.5 Å². The van der Waals surface area contributed by atoms with Crippen LogP contribution in [0.25, 0.3) is 0 Å². The third kappa shape index (κ3) is 8.89. The molecule has 3 aromatic rings. The van der Waals surface area contributed by atoms with Gasteiger partial charge in [0.1, 0.15) is 17.3 Å². The van der Waals surface area contributed by atoms with E-state index in [-0.39, 0.29) is 5.97 Å². The van der Waals surface area contributed by atoms with Crippen molar-refractivity contribution >= 4 is 5.97 Å². The fourth-order valence-corrected chi connectivity index (χ4v) is 4.13. The average Bonchev–Trinajstić information content (AvgIpc) is 3.19. The predicted molar refractivity (Wildman–Crippen MR) is 139 cm³/mol. The van der Waals surface area contributed by atoms with E-state index in [1.807, 2.05) is 50.2 Å². The summed E-state index contributed by atoms with van der Waals surface area (Å²) in [6, 6.07) is 14.8. The third-order valence-corrected chi connectivity index (χ3v) is 6.34. The van der Waals surface area contributed by atoms with E-state index < -0.39 is 0 Å². The summed E-state index contributed by atoms with van der Waals surface area (Å²) in [6.45, 7) is 6.86. The van der Waals surface area contributed by atoms with E-state index in [1.54, 1.807) is 12.1 Å². The van der Waals surface area contributed by atoms with Gasteiger partial charge in [0.2, 0.25) is 0 Å². The number of unbranched alkanes of at least 4 members (excludes halogenated alkanes) is 7. The summed E-state index contributed by atoms with van der Waals surface area (Å²) in [5, 5.41) is 4.00. The van der Waals surface area contributed by atoms with Crippen molar-refractivity contribution in [3.05, 3.63) is 76.7 Å². The molecule has 0 aliphatic rings. The van der Waals surface area contributed by atoms with Gasteiger partial charge in [-0.2, -0.15) is 0 Å². The van der Waals surface area contributed by atoms with Gasteiger partial charge < -0.3 is 14.0 Å². The SMILES string of the molecule is CCCCCCCCCCOc1ccc(C(=O)Oc2ccc(CCc3c(C)noc3C)cc2)cc1. The minimum absolute atomic E-state index is 0.372. The molecule has 5 heteroatoms. The molecule has 0 aliphatic heterocycles. The van der Waals surface area contributed by atoms with Crippen LogP contribution in [0.2, 0.25) is 0 Å². The number of hydrogen-bond acceptors (Lipinski definition) is 5. The number of benzene rings is 2. The Labute approximate surface area is 209 Å². The monoisotopic (exact) mass is 477 g/mol. The lowest BCUT2D eigenvalue weighted by molar-refractivity contribution is 0.0734. The maximum absolute atomic E-state index is 12.5. The summed E-state index contributed by atoms with van der Waals surface area (Å²) in [5.74, 6) is 1.82. The summed E-state index contributed by atoms with van der Waals surface area (Å²) >= 11 is 0. The van der Waals surface area contributed by atoms with E-state index in [4.69, 9.17) is 14.0 Å². The maximum Gasteiger partial charge on any atom is 0.343 e. The van der Waals surface area contributed by atoms with Crippen LogP contribution in [0.5, 0.6) is 11.5 Å². The Balaban J connectivity index is 1.36. The molecule has 0 fully saturated rings. The van der Waals surface area contributed by atoms with Crippen molar-refractivity contribution in [2.75, 3.05) is 6.61 Å². The van der Waals surface area contributed by atoms with Gasteiger partial charge in [-0.1, -0.05) is 69.2 Å². The zero-order chi connectivity index (χ0) is 24.9. The second-order valence-corrected chi connectivity index (χ2v) is 9.18. The second kappa shape index (κ2) is 14.3. The van der Waals surface area contributed by atoms with Gasteiger partial charge in [0.05, 0.1) is 17.9 Å². The fourth-order valence-electron chi connectivity index (χ4n) is 4.13. The molecular weight excluding hydrogens is 438 g/mol. The Morgan fingerprint density at radius 1 is 0.800 bits per heavy atom. The molecule has 0 aliphatic carbocycles. The molecule has 1 heterocycles. The van der Waals surface area contributed by atoms with Gasteiger partial charge in [-0.15, -0.1) is 0 Å². The first-order valence-electron chi connectivity index (χ1n) is 13.0. The normalized spacial score (nSPS) is 10.9. The zero-order valence-corrected chi connectivity index (χ0v) is 21.5. The molecule has 5 nitrogen and oxygen atoms in total. The minimum atomic E-state index is -0.372. The highest BCUT2D eigenvalue weighted by atomic mass is 16.5. The molecule has 0 amide bonds. The molecule has 1 aromatic heterocycles. The van der Waals surface area contributed by atoms with E-state index in [0.717, 1.165) is 42.0 Å². The molecular formula is C30H39NO4. The summed E-state index contributed by atoms with van der Waals surface area (Å²) in [6.07, 6.45) is 12.0. The van der Waals surface area contributed by atoms with Gasteiger partial charge in [-0.05, 0) is 75.1 Å². The molecule has 0 saturated heterocycles. The van der Waals surface area contributed by atoms with Crippen molar-refractivity contribution in [1.82, 2.24) is 5.16 Å². The van der Waals surface area contributed by atoms with Crippen LogP contribution in [0.4, 0.5) is 0 Å². The quantitative estimate of drug-likeness (QED) is 0.127. The van der Waals surface area contributed by atoms with Crippen LogP contribution in [-0.2, 0) is 12.8 Å². The van der Waals surface area contributed by atoms with E-state index in [1.165, 1.54) is 50.5 Å². The molecule has 35 heavy (non-hydrogen) atoms. The number of rotatable bonds is 15. The van der Waals surface area contributed by atoms with Crippen LogP contribution in [0.1, 0.15) is 91.2 Å². The van der Waals surface area contributed by atoms with Gasteiger partial charge in [0, 0.05) is 5.56 Å². The van der Waals surface area contributed by atoms with Gasteiger partial charge in [-0.3, -0.25) is 0 Å². The Morgan fingerprint density at radius 2 is 1.43 bits per heavy atom. The highest BCUT2D eigenvalue weighted by molar-refractivity contribution is 5.91. The number of nitrogens with zero attached hydrogens (tertiary/aromatic N) is 1. The lowest BCUT2D eigenvalue weighted by Crippen LogP contribution is -2.08. The van der Waals surface area contributed by atoms with E-state index in [9.17, 15) is 4.79 Å². The van der Waals surface area contributed by atoms with Crippen molar-refractivity contribution in [1.29, 1.82) is 0 Å². The molecule has 0 unspecified atom stereocenters. The summed E-state index contributed by atoms with van der Waals surface area (Å²) in [5.41, 5.74) is 3.78. The van der Waals surface area contributed by atoms with Crippen molar-refractivity contribution in [2.45, 2.75) is 85.0 Å². The van der Waals surface area contributed by atoms with Crippen LogP contribution in [0.15, 0.2) is 53.1 Å². The second-order valence-electron chi connectivity index (χ2n) is 9.18. The first kappa shape index (κ1) is 26.5. The number of carbonyl (C=O) groups excluding carboxylic acids is 1.